The Balaban J connectivity index is 2.08. The van der Waals surface area contributed by atoms with Crippen LogP contribution >= 0.6 is 0 Å². The van der Waals surface area contributed by atoms with Crippen LogP contribution in [0.4, 0.5) is 10.5 Å². The van der Waals surface area contributed by atoms with Crippen molar-refractivity contribution in [3.8, 4) is 11.8 Å². The maximum absolute atomic E-state index is 12.2. The number of pyridine rings is 1. The lowest BCUT2D eigenvalue weighted by Crippen LogP contribution is -2.37. The average Bonchev–Trinajstić information content (AvgIpc) is 2.61. The van der Waals surface area contributed by atoms with Gasteiger partial charge in [0.15, 0.2) is 0 Å². The van der Waals surface area contributed by atoms with E-state index in [1.807, 2.05) is 30.3 Å². The van der Waals surface area contributed by atoms with Crippen molar-refractivity contribution in [3.05, 3.63) is 72.6 Å². The Hall–Kier alpha value is -3.10. The number of nitrogens with zero attached hydrogens (tertiary/aromatic N) is 2. The summed E-state index contributed by atoms with van der Waals surface area (Å²) in [7, 11) is 0. The van der Waals surface area contributed by atoms with E-state index in [1.165, 1.54) is 4.90 Å². The molecule has 1 heterocycles. The van der Waals surface area contributed by atoms with Crippen LogP contribution in [-0.4, -0.2) is 40.7 Å². The zero-order chi connectivity index (χ0) is 17.2. The van der Waals surface area contributed by atoms with Crippen molar-refractivity contribution in [2.75, 3.05) is 25.0 Å². The Morgan fingerprint density at radius 2 is 2.17 bits per heavy atom. The Kier molecular flexibility index (Phi) is 6.57. The number of aliphatic hydroxyl groups excluding tert-OH is 1. The van der Waals surface area contributed by atoms with Crippen molar-refractivity contribution in [2.24, 2.45) is 0 Å². The fourth-order valence-corrected chi connectivity index (χ4v) is 2.00. The molecule has 1 aromatic heterocycles. The molecule has 2 amide bonds. The van der Waals surface area contributed by atoms with Crippen LogP contribution in [0, 0.1) is 11.8 Å². The normalized spacial score (nSPS) is 9.54. The molecular weight excluding hydrogens is 302 g/mol. The smallest absolute Gasteiger partial charge is 0.322 e. The lowest BCUT2D eigenvalue weighted by Gasteiger charge is -2.20. The zero-order valence-electron chi connectivity index (χ0n) is 13.3. The zero-order valence-corrected chi connectivity index (χ0v) is 13.3. The summed E-state index contributed by atoms with van der Waals surface area (Å²) in [5, 5.41) is 11.8. The van der Waals surface area contributed by atoms with Gasteiger partial charge in [0.05, 0.1) is 6.61 Å². The fourth-order valence-electron chi connectivity index (χ4n) is 2.00. The molecule has 122 valence electrons. The minimum absolute atomic E-state index is 0.100. The van der Waals surface area contributed by atoms with Crippen molar-refractivity contribution in [3.63, 3.8) is 0 Å². The SMILES string of the molecule is C=CCN(CCO)C(=O)Nc1cccc(C#Cc2ccccn2)c1. The second kappa shape index (κ2) is 9.13. The van der Waals surface area contributed by atoms with Gasteiger partial charge in [-0.25, -0.2) is 9.78 Å². The molecule has 0 aliphatic heterocycles. The van der Waals surface area contributed by atoms with Crippen molar-refractivity contribution in [2.45, 2.75) is 0 Å². The number of rotatable bonds is 5. The Morgan fingerprint density at radius 1 is 1.29 bits per heavy atom. The second-order valence-corrected chi connectivity index (χ2v) is 4.93. The largest absolute Gasteiger partial charge is 0.395 e. The monoisotopic (exact) mass is 321 g/mol. The van der Waals surface area contributed by atoms with Gasteiger partial charge in [-0.1, -0.05) is 24.1 Å². The van der Waals surface area contributed by atoms with Crippen LogP contribution in [0.5, 0.6) is 0 Å². The number of aliphatic hydroxyl groups is 1. The van der Waals surface area contributed by atoms with Crippen LogP contribution in [0.2, 0.25) is 0 Å². The first kappa shape index (κ1) is 17.3. The van der Waals surface area contributed by atoms with Crippen LogP contribution in [0.15, 0.2) is 61.3 Å². The van der Waals surface area contributed by atoms with E-state index in [4.69, 9.17) is 5.11 Å². The Bertz CT molecular complexity index is 748. The lowest BCUT2D eigenvalue weighted by molar-refractivity contribution is 0.195. The van der Waals surface area contributed by atoms with Gasteiger partial charge in [-0.2, -0.15) is 0 Å². The number of carbonyl (C=O) groups is 1. The highest BCUT2D eigenvalue weighted by Crippen LogP contribution is 2.11. The highest BCUT2D eigenvalue weighted by molar-refractivity contribution is 5.89. The van der Waals surface area contributed by atoms with Gasteiger partial charge < -0.3 is 15.3 Å². The van der Waals surface area contributed by atoms with E-state index in [-0.39, 0.29) is 19.2 Å². The van der Waals surface area contributed by atoms with E-state index in [0.717, 1.165) is 5.56 Å². The summed E-state index contributed by atoms with van der Waals surface area (Å²) in [6.45, 7) is 4.13. The van der Waals surface area contributed by atoms with Gasteiger partial charge in [-0.15, -0.1) is 6.58 Å². The van der Waals surface area contributed by atoms with Crippen LogP contribution in [-0.2, 0) is 0 Å². The molecule has 5 heteroatoms. The number of benzene rings is 1. The topological polar surface area (TPSA) is 65.5 Å². The van der Waals surface area contributed by atoms with E-state index < -0.39 is 0 Å². The van der Waals surface area contributed by atoms with Crippen LogP contribution < -0.4 is 5.32 Å². The number of hydrogen-bond donors (Lipinski definition) is 2. The van der Waals surface area contributed by atoms with Gasteiger partial charge in [0.25, 0.3) is 0 Å². The van der Waals surface area contributed by atoms with Gasteiger partial charge in [0.1, 0.15) is 5.69 Å². The van der Waals surface area contributed by atoms with E-state index in [2.05, 4.69) is 28.7 Å². The molecular formula is C19H19N3O2. The number of urea groups is 1. The standard InChI is InChI=1S/C19H19N3O2/c1-2-12-22(13-14-23)19(24)21-18-8-5-6-16(15-18)9-10-17-7-3-4-11-20-17/h2-8,11,15,23H,1,12-14H2,(H,21,24). The number of aromatic nitrogens is 1. The molecule has 0 aliphatic rings. The third-order valence-corrected chi connectivity index (χ3v) is 3.12. The third kappa shape index (κ3) is 5.27. The van der Waals surface area contributed by atoms with E-state index in [1.54, 1.807) is 24.4 Å². The molecule has 0 atom stereocenters. The molecule has 24 heavy (non-hydrogen) atoms. The number of hydrogen-bond acceptors (Lipinski definition) is 3. The Labute approximate surface area is 141 Å². The van der Waals surface area contributed by atoms with Crippen molar-refractivity contribution < 1.29 is 9.90 Å². The molecule has 2 rings (SSSR count). The first-order chi connectivity index (χ1) is 11.7. The fraction of sp³-hybridized carbons (Fsp3) is 0.158. The minimum Gasteiger partial charge on any atom is -0.395 e. The predicted molar refractivity (Wildman–Crippen MR) is 94.5 cm³/mol. The van der Waals surface area contributed by atoms with Crippen LogP contribution in [0.25, 0.3) is 0 Å². The van der Waals surface area contributed by atoms with E-state index >= 15 is 0 Å². The predicted octanol–water partition coefficient (Wildman–Crippen LogP) is 2.49. The summed E-state index contributed by atoms with van der Waals surface area (Å²) in [4.78, 5) is 17.8. The van der Waals surface area contributed by atoms with Gasteiger partial charge in [-0.3, -0.25) is 0 Å². The quantitative estimate of drug-likeness (QED) is 0.657. The van der Waals surface area contributed by atoms with Gasteiger partial charge >= 0.3 is 6.03 Å². The molecule has 2 aromatic rings. The summed E-state index contributed by atoms with van der Waals surface area (Å²) < 4.78 is 0. The highest BCUT2D eigenvalue weighted by atomic mass is 16.3. The van der Waals surface area contributed by atoms with Gasteiger partial charge in [0.2, 0.25) is 0 Å². The van der Waals surface area contributed by atoms with Crippen molar-refractivity contribution in [1.29, 1.82) is 0 Å². The Morgan fingerprint density at radius 3 is 2.88 bits per heavy atom. The number of amides is 2. The molecule has 1 aromatic carbocycles. The van der Waals surface area contributed by atoms with Crippen molar-refractivity contribution in [1.82, 2.24) is 9.88 Å². The third-order valence-electron chi connectivity index (χ3n) is 3.12. The molecule has 0 radical (unpaired) electrons. The summed E-state index contributed by atoms with van der Waals surface area (Å²) >= 11 is 0. The first-order valence-corrected chi connectivity index (χ1v) is 7.53. The number of carbonyl (C=O) groups excluding carboxylic acids is 1. The first-order valence-electron chi connectivity index (χ1n) is 7.53. The molecule has 5 nitrogen and oxygen atoms in total. The second-order valence-electron chi connectivity index (χ2n) is 4.93. The van der Waals surface area contributed by atoms with Gasteiger partial charge in [-0.05, 0) is 36.3 Å². The average molecular weight is 321 g/mol. The molecule has 0 fully saturated rings. The maximum atomic E-state index is 12.2. The van der Waals surface area contributed by atoms with E-state index in [9.17, 15) is 4.79 Å². The van der Waals surface area contributed by atoms with E-state index in [0.29, 0.717) is 17.9 Å². The number of nitrogens with one attached hydrogen (secondary N) is 1. The van der Waals surface area contributed by atoms with Gasteiger partial charge in [0, 0.05) is 30.5 Å². The molecule has 0 aliphatic carbocycles. The molecule has 0 unspecified atom stereocenters. The molecule has 2 N–H and O–H groups in total. The molecule has 0 saturated carbocycles. The van der Waals surface area contributed by atoms with Crippen LogP contribution in [0.1, 0.15) is 11.3 Å². The summed E-state index contributed by atoms with van der Waals surface area (Å²) in [6.07, 6.45) is 3.31. The molecule has 0 bridgehead atoms. The summed E-state index contributed by atoms with van der Waals surface area (Å²) in [6, 6.07) is 12.5. The molecule has 0 saturated heterocycles. The maximum Gasteiger partial charge on any atom is 0.322 e. The van der Waals surface area contributed by atoms with Crippen molar-refractivity contribution >= 4 is 11.7 Å². The van der Waals surface area contributed by atoms with Crippen LogP contribution in [0.3, 0.4) is 0 Å². The number of anilines is 1. The minimum atomic E-state index is -0.293. The molecule has 0 spiro atoms. The summed E-state index contributed by atoms with van der Waals surface area (Å²) in [5.41, 5.74) is 2.10. The summed E-state index contributed by atoms with van der Waals surface area (Å²) in [5.74, 6) is 5.99. The lowest BCUT2D eigenvalue weighted by atomic mass is 10.2. The highest BCUT2D eigenvalue weighted by Gasteiger charge is 2.11.